The number of rotatable bonds is 19. The maximum Gasteiger partial charge on any atom is 0.253 e. The summed E-state index contributed by atoms with van der Waals surface area (Å²) >= 11 is 1.57. The van der Waals surface area contributed by atoms with Gasteiger partial charge in [0.05, 0.1) is 28.8 Å². The van der Waals surface area contributed by atoms with Gasteiger partial charge in [-0.1, -0.05) is 57.2 Å². The lowest BCUT2D eigenvalue weighted by atomic mass is 9.85. The van der Waals surface area contributed by atoms with Crippen molar-refractivity contribution in [3.05, 3.63) is 122 Å². The summed E-state index contributed by atoms with van der Waals surface area (Å²) in [5.41, 5.74) is 9.90. The van der Waals surface area contributed by atoms with Crippen LogP contribution in [0, 0.1) is 33.1 Å². The molecule has 0 aliphatic carbocycles. The predicted molar refractivity (Wildman–Crippen MR) is 279 cm³/mol. The Kier molecular flexibility index (Phi) is 17.7. The summed E-state index contributed by atoms with van der Waals surface area (Å²) < 4.78 is 17.3. The SMILES string of the molecule is CCN(c1cc(-c2ccc(OCCOCC(=O)NC(C(=O)N3CC(O)CC3C(=O)NCc3ccc(-c4scnc4C)cc3)C(C)(C)C)cc2)cc(C(=O)NCc2c(C)cc(C)[nH]c2=O)c1C)C1CCOCC1. The number of H-pyrrole nitrogens is 1. The van der Waals surface area contributed by atoms with E-state index in [9.17, 15) is 29.1 Å². The first kappa shape index (κ1) is 53.4. The molecule has 5 N–H and O–H groups in total. The Bertz CT molecular complexity index is 2760. The number of thiazole rings is 1. The van der Waals surface area contributed by atoms with Crippen molar-refractivity contribution in [2.45, 2.75) is 112 Å². The number of likely N-dealkylation sites (tertiary alicyclic amines) is 1. The average molecular weight is 1000 g/mol. The van der Waals surface area contributed by atoms with Crippen LogP contribution in [0.5, 0.6) is 5.75 Å². The third kappa shape index (κ3) is 13.2. The topological polar surface area (TPSA) is 205 Å². The number of β-amino-alcohol motifs (C(OH)–C–C–N with tert-alkyl or cyclic N) is 1. The van der Waals surface area contributed by atoms with Gasteiger partial charge in [0.2, 0.25) is 17.7 Å². The lowest BCUT2D eigenvalue weighted by Gasteiger charge is -2.37. The van der Waals surface area contributed by atoms with E-state index >= 15 is 0 Å². The highest BCUT2D eigenvalue weighted by atomic mass is 32.1. The highest BCUT2D eigenvalue weighted by Gasteiger charge is 2.44. The van der Waals surface area contributed by atoms with Gasteiger partial charge in [0.25, 0.3) is 11.5 Å². The normalized spacial score (nSPS) is 16.5. The van der Waals surface area contributed by atoms with E-state index in [4.69, 9.17) is 14.2 Å². The van der Waals surface area contributed by atoms with Crippen LogP contribution < -0.4 is 31.1 Å². The fourth-order valence-corrected chi connectivity index (χ4v) is 10.3. The molecule has 3 unspecified atom stereocenters. The number of aliphatic hydroxyl groups excluding tert-OH is 1. The molecule has 4 heterocycles. The molecule has 72 heavy (non-hydrogen) atoms. The molecule has 384 valence electrons. The van der Waals surface area contributed by atoms with Gasteiger partial charge in [-0.2, -0.15) is 0 Å². The van der Waals surface area contributed by atoms with E-state index in [-0.39, 0.29) is 69.3 Å². The van der Waals surface area contributed by atoms with Crippen LogP contribution in [-0.4, -0.2) is 114 Å². The maximum atomic E-state index is 14.1. The van der Waals surface area contributed by atoms with Crippen molar-refractivity contribution in [1.82, 2.24) is 30.8 Å². The molecule has 3 aromatic carbocycles. The third-order valence-electron chi connectivity index (χ3n) is 13.5. The molecule has 0 radical (unpaired) electrons. The molecule has 2 saturated heterocycles. The number of aromatic amines is 1. The van der Waals surface area contributed by atoms with E-state index in [0.717, 1.165) is 74.7 Å². The van der Waals surface area contributed by atoms with Gasteiger partial charge in [-0.25, -0.2) is 4.98 Å². The number of aryl methyl sites for hydroxylation is 3. The number of anilines is 1. The van der Waals surface area contributed by atoms with Crippen LogP contribution in [0.4, 0.5) is 5.69 Å². The molecular formula is C55H69N7O9S. The number of ether oxygens (including phenoxy) is 3. The quantitative estimate of drug-likeness (QED) is 0.0562. The minimum Gasteiger partial charge on any atom is -0.491 e. The fraction of sp³-hybridized carbons (Fsp3) is 0.455. The number of benzene rings is 3. The number of aromatic nitrogens is 2. The summed E-state index contributed by atoms with van der Waals surface area (Å²) in [6.45, 7) is 17.5. The van der Waals surface area contributed by atoms with Gasteiger partial charge in [0, 0.05) is 74.4 Å². The molecule has 0 saturated carbocycles. The van der Waals surface area contributed by atoms with Crippen molar-refractivity contribution >= 4 is 40.7 Å². The van der Waals surface area contributed by atoms with Crippen LogP contribution in [-0.2, 0) is 36.9 Å². The molecule has 2 aliphatic rings. The van der Waals surface area contributed by atoms with E-state index in [2.05, 4.69) is 43.8 Å². The molecular weight excluding hydrogens is 935 g/mol. The van der Waals surface area contributed by atoms with Gasteiger partial charge in [0.1, 0.15) is 31.0 Å². The zero-order valence-electron chi connectivity index (χ0n) is 42.7. The molecule has 2 aliphatic heterocycles. The van der Waals surface area contributed by atoms with Crippen molar-refractivity contribution in [2.75, 3.05) is 51.0 Å². The van der Waals surface area contributed by atoms with E-state index in [1.807, 2.05) is 115 Å². The number of hydrogen-bond acceptors (Lipinski definition) is 12. The summed E-state index contributed by atoms with van der Waals surface area (Å²) in [6.07, 6.45) is 0.952. The highest BCUT2D eigenvalue weighted by Crippen LogP contribution is 2.35. The highest BCUT2D eigenvalue weighted by molar-refractivity contribution is 7.13. The summed E-state index contributed by atoms with van der Waals surface area (Å²) in [5, 5.41) is 19.4. The largest absolute Gasteiger partial charge is 0.491 e. The summed E-state index contributed by atoms with van der Waals surface area (Å²) in [7, 11) is 0. The molecule has 2 aromatic heterocycles. The van der Waals surface area contributed by atoms with Gasteiger partial charge >= 0.3 is 0 Å². The molecule has 17 heteroatoms. The number of amides is 4. The zero-order chi connectivity index (χ0) is 51.7. The lowest BCUT2D eigenvalue weighted by molar-refractivity contribution is -0.144. The maximum absolute atomic E-state index is 14.1. The standard InChI is InChI=1S/C55H69N7O9S/c1-9-61(41-18-20-69-21-19-41)46-26-40(25-44(35(46)4)51(65)57-29-45-33(2)24-34(3)59-52(45)66)38-14-16-43(17-15-38)71-23-22-70-31-48(64)60-50(55(6,7)8)54(68)62-30-42(63)27-47(62)53(67)56-28-37-10-12-39(13-11-37)49-36(5)58-32-72-49/h10-17,24-26,32,41-42,47,50,63H,9,18-23,27-31H2,1-8H3,(H,56,67)(H,57,65)(H,59,66)(H,60,64). The first-order valence-corrected chi connectivity index (χ1v) is 25.6. The van der Waals surface area contributed by atoms with Crippen molar-refractivity contribution in [2.24, 2.45) is 5.41 Å². The van der Waals surface area contributed by atoms with Crippen molar-refractivity contribution in [3.8, 4) is 27.3 Å². The minimum absolute atomic E-state index is 0.0334. The molecule has 0 bridgehead atoms. The second kappa shape index (κ2) is 23.9. The Morgan fingerprint density at radius 2 is 1.64 bits per heavy atom. The van der Waals surface area contributed by atoms with Crippen molar-refractivity contribution in [1.29, 1.82) is 0 Å². The molecule has 16 nitrogen and oxygen atoms in total. The van der Waals surface area contributed by atoms with Crippen LogP contribution >= 0.6 is 11.3 Å². The first-order valence-electron chi connectivity index (χ1n) is 24.7. The monoisotopic (exact) mass is 1000 g/mol. The number of hydrogen-bond donors (Lipinski definition) is 5. The number of pyridine rings is 1. The first-order chi connectivity index (χ1) is 34.4. The van der Waals surface area contributed by atoms with Crippen molar-refractivity contribution in [3.63, 3.8) is 0 Å². The van der Waals surface area contributed by atoms with Gasteiger partial charge in [-0.05, 0) is 117 Å². The van der Waals surface area contributed by atoms with Crippen molar-refractivity contribution < 1.29 is 38.5 Å². The second-order valence-electron chi connectivity index (χ2n) is 19.8. The van der Waals surface area contributed by atoms with Crippen LogP contribution in [0.2, 0.25) is 0 Å². The van der Waals surface area contributed by atoms with E-state index in [1.165, 1.54) is 4.90 Å². The van der Waals surface area contributed by atoms with E-state index in [0.29, 0.717) is 30.1 Å². The number of nitrogens with one attached hydrogen (secondary N) is 4. The van der Waals surface area contributed by atoms with Crippen LogP contribution in [0.15, 0.2) is 77.0 Å². The molecule has 4 amide bonds. The van der Waals surface area contributed by atoms with Crippen LogP contribution in [0.1, 0.15) is 91.0 Å². The molecule has 2 fully saturated rings. The number of carbonyl (C=O) groups is 4. The smallest absolute Gasteiger partial charge is 0.253 e. The summed E-state index contributed by atoms with van der Waals surface area (Å²) in [4.78, 5) is 79.6. The second-order valence-corrected chi connectivity index (χ2v) is 20.6. The zero-order valence-corrected chi connectivity index (χ0v) is 43.5. The number of nitrogens with zero attached hydrogens (tertiary/aromatic N) is 3. The van der Waals surface area contributed by atoms with Gasteiger partial charge in [-0.15, -0.1) is 11.3 Å². The Labute approximate surface area is 425 Å². The lowest BCUT2D eigenvalue weighted by Crippen LogP contribution is -2.58. The minimum atomic E-state index is -0.998. The molecule has 0 spiro atoms. The Hall–Kier alpha value is -6.40. The van der Waals surface area contributed by atoms with Gasteiger partial charge in [0.15, 0.2) is 0 Å². The van der Waals surface area contributed by atoms with E-state index in [1.54, 1.807) is 11.3 Å². The van der Waals surface area contributed by atoms with Crippen LogP contribution in [0.25, 0.3) is 21.6 Å². The average Bonchev–Trinajstić information content (AvgIpc) is 3.97. The summed E-state index contributed by atoms with van der Waals surface area (Å²) in [5.74, 6) is -1.04. The van der Waals surface area contributed by atoms with Gasteiger partial charge < -0.3 is 50.1 Å². The van der Waals surface area contributed by atoms with Crippen LogP contribution in [0.3, 0.4) is 0 Å². The Morgan fingerprint density at radius 3 is 2.29 bits per heavy atom. The summed E-state index contributed by atoms with van der Waals surface area (Å²) in [6, 6.07) is 19.7. The Morgan fingerprint density at radius 1 is 0.931 bits per heavy atom. The molecule has 3 atom stereocenters. The number of aliphatic hydroxyl groups is 1. The molecule has 5 aromatic rings. The van der Waals surface area contributed by atoms with Gasteiger partial charge in [-0.3, -0.25) is 24.0 Å². The Balaban J connectivity index is 0.932. The fourth-order valence-electron chi connectivity index (χ4n) is 9.50. The van der Waals surface area contributed by atoms with E-state index < -0.39 is 35.4 Å². The third-order valence-corrected chi connectivity index (χ3v) is 14.4. The number of carbonyl (C=O) groups excluding carboxylic acids is 4. The predicted octanol–water partition coefficient (Wildman–Crippen LogP) is 6.54. The molecule has 7 rings (SSSR count).